The largest absolute Gasteiger partial charge is 0.337 e. The smallest absolute Gasteiger partial charge is 0.274 e. The lowest BCUT2D eigenvalue weighted by Crippen LogP contribution is -2.33. The molecule has 0 aromatic carbocycles. The number of carbonyl (C=O) groups is 1. The number of imidazole rings is 1. The molecule has 158 valence electrons. The molecule has 0 unspecified atom stereocenters. The lowest BCUT2D eigenvalue weighted by Gasteiger charge is -2.23. The third-order valence-electron chi connectivity index (χ3n) is 5.81. The van der Waals surface area contributed by atoms with Gasteiger partial charge in [0.25, 0.3) is 5.91 Å². The van der Waals surface area contributed by atoms with Crippen molar-refractivity contribution in [3.8, 4) is 0 Å². The Balaban J connectivity index is 1.68. The molecule has 1 aliphatic rings. The van der Waals surface area contributed by atoms with Crippen LogP contribution in [0.1, 0.15) is 67.6 Å². The summed E-state index contributed by atoms with van der Waals surface area (Å²) in [6.07, 6.45) is 7.95. The van der Waals surface area contributed by atoms with E-state index in [1.165, 1.54) is 0 Å². The first-order valence-electron chi connectivity index (χ1n) is 11.1. The molecule has 0 N–H and O–H groups in total. The van der Waals surface area contributed by atoms with Crippen LogP contribution in [0, 0.1) is 0 Å². The average Bonchev–Trinajstić information content (AvgIpc) is 3.38. The normalized spacial score (nSPS) is 16.9. The van der Waals surface area contributed by atoms with Crippen molar-refractivity contribution in [1.82, 2.24) is 24.2 Å². The Labute approximate surface area is 178 Å². The molecule has 0 aliphatic carbocycles. The standard InChI is InChI=1S/C24H31N5O/c1-3-14-27(15-4-2)24(30)22-20-11-6-8-17-29(20)23(26-22)21-12-9-16-28(21)18-19-10-5-7-13-25-19/h5-8,10-11,13,17,21H,3-4,9,12,14-16,18H2,1-2H3/t21-/m1/s1. The molecule has 0 radical (unpaired) electrons. The molecule has 1 amide bonds. The maximum Gasteiger partial charge on any atom is 0.274 e. The fourth-order valence-corrected chi connectivity index (χ4v) is 4.47. The Kier molecular flexibility index (Phi) is 6.43. The summed E-state index contributed by atoms with van der Waals surface area (Å²) >= 11 is 0. The number of rotatable bonds is 8. The average molecular weight is 406 g/mol. The van der Waals surface area contributed by atoms with Crippen LogP contribution in [0.25, 0.3) is 5.52 Å². The molecule has 1 saturated heterocycles. The van der Waals surface area contributed by atoms with E-state index in [1.807, 2.05) is 47.6 Å². The topological polar surface area (TPSA) is 53.7 Å². The molecule has 4 heterocycles. The molecule has 30 heavy (non-hydrogen) atoms. The van der Waals surface area contributed by atoms with Gasteiger partial charge in [0.15, 0.2) is 5.69 Å². The van der Waals surface area contributed by atoms with E-state index < -0.39 is 0 Å². The van der Waals surface area contributed by atoms with Crippen molar-refractivity contribution in [1.29, 1.82) is 0 Å². The summed E-state index contributed by atoms with van der Waals surface area (Å²) in [4.78, 5) is 27.2. The van der Waals surface area contributed by atoms with Gasteiger partial charge in [0.05, 0.1) is 17.3 Å². The van der Waals surface area contributed by atoms with Crippen LogP contribution in [-0.2, 0) is 6.54 Å². The first-order chi connectivity index (χ1) is 14.7. The molecule has 0 spiro atoms. The van der Waals surface area contributed by atoms with Crippen molar-refractivity contribution >= 4 is 11.4 Å². The van der Waals surface area contributed by atoms with Crippen molar-refractivity contribution in [3.05, 3.63) is 66.0 Å². The minimum atomic E-state index is 0.0444. The summed E-state index contributed by atoms with van der Waals surface area (Å²) in [5.74, 6) is 1.01. The number of likely N-dealkylation sites (tertiary alicyclic amines) is 1. The first-order valence-corrected chi connectivity index (χ1v) is 11.1. The predicted octanol–water partition coefficient (Wildman–Crippen LogP) is 4.33. The van der Waals surface area contributed by atoms with Crippen LogP contribution in [-0.4, -0.2) is 49.7 Å². The van der Waals surface area contributed by atoms with E-state index in [4.69, 9.17) is 4.98 Å². The summed E-state index contributed by atoms with van der Waals surface area (Å²) < 4.78 is 2.12. The minimum Gasteiger partial charge on any atom is -0.337 e. The molecule has 6 heteroatoms. The van der Waals surface area contributed by atoms with E-state index in [0.717, 1.165) is 68.9 Å². The van der Waals surface area contributed by atoms with Crippen LogP contribution in [0.5, 0.6) is 0 Å². The highest BCUT2D eigenvalue weighted by Crippen LogP contribution is 2.33. The summed E-state index contributed by atoms with van der Waals surface area (Å²) in [7, 11) is 0. The minimum absolute atomic E-state index is 0.0444. The van der Waals surface area contributed by atoms with Gasteiger partial charge in [-0.1, -0.05) is 26.0 Å². The Hall–Kier alpha value is -2.73. The van der Waals surface area contributed by atoms with Gasteiger partial charge in [-0.05, 0) is 56.5 Å². The Morgan fingerprint density at radius 1 is 1.13 bits per heavy atom. The van der Waals surface area contributed by atoms with Gasteiger partial charge in [-0.3, -0.25) is 14.7 Å². The van der Waals surface area contributed by atoms with Gasteiger partial charge < -0.3 is 9.30 Å². The number of hydrogen-bond donors (Lipinski definition) is 0. The highest BCUT2D eigenvalue weighted by atomic mass is 16.2. The van der Waals surface area contributed by atoms with E-state index in [1.54, 1.807) is 0 Å². The van der Waals surface area contributed by atoms with Crippen LogP contribution in [0.2, 0.25) is 0 Å². The molecule has 4 rings (SSSR count). The van der Waals surface area contributed by atoms with Crippen molar-refractivity contribution in [2.24, 2.45) is 0 Å². The highest BCUT2D eigenvalue weighted by Gasteiger charge is 2.32. The molecule has 6 nitrogen and oxygen atoms in total. The maximum absolute atomic E-state index is 13.4. The van der Waals surface area contributed by atoms with Gasteiger partial charge in [-0.2, -0.15) is 0 Å². The number of fused-ring (bicyclic) bond motifs is 1. The molecule has 1 fully saturated rings. The number of amides is 1. The van der Waals surface area contributed by atoms with Crippen molar-refractivity contribution < 1.29 is 4.79 Å². The number of pyridine rings is 2. The maximum atomic E-state index is 13.4. The van der Waals surface area contributed by atoms with Gasteiger partial charge >= 0.3 is 0 Å². The monoisotopic (exact) mass is 405 g/mol. The van der Waals surface area contributed by atoms with Crippen LogP contribution in [0.3, 0.4) is 0 Å². The second kappa shape index (κ2) is 9.39. The zero-order chi connectivity index (χ0) is 20.9. The molecule has 0 bridgehead atoms. The lowest BCUT2D eigenvalue weighted by atomic mass is 10.2. The van der Waals surface area contributed by atoms with Crippen molar-refractivity contribution in [3.63, 3.8) is 0 Å². The lowest BCUT2D eigenvalue weighted by molar-refractivity contribution is 0.0752. The second-order valence-corrected chi connectivity index (χ2v) is 8.02. The number of carbonyl (C=O) groups excluding carboxylic acids is 1. The molecular formula is C24H31N5O. The first kappa shape index (κ1) is 20.5. The van der Waals surface area contributed by atoms with Crippen LogP contribution in [0.15, 0.2) is 48.8 Å². The zero-order valence-electron chi connectivity index (χ0n) is 18.0. The van der Waals surface area contributed by atoms with E-state index in [9.17, 15) is 4.79 Å². The summed E-state index contributed by atoms with van der Waals surface area (Å²) in [6.45, 7) is 7.58. The Bertz CT molecular complexity index is 978. The van der Waals surface area contributed by atoms with Gasteiger partial charge in [0, 0.05) is 32.0 Å². The highest BCUT2D eigenvalue weighted by molar-refractivity contribution is 5.99. The molecular weight excluding hydrogens is 374 g/mol. The Morgan fingerprint density at radius 2 is 1.93 bits per heavy atom. The van der Waals surface area contributed by atoms with Gasteiger partial charge in [0.2, 0.25) is 0 Å². The van der Waals surface area contributed by atoms with Crippen LogP contribution >= 0.6 is 0 Å². The molecule has 1 atom stereocenters. The molecule has 1 aliphatic heterocycles. The third-order valence-corrected chi connectivity index (χ3v) is 5.81. The zero-order valence-corrected chi connectivity index (χ0v) is 18.0. The van der Waals surface area contributed by atoms with Gasteiger partial charge in [0.1, 0.15) is 5.82 Å². The molecule has 3 aromatic rings. The number of nitrogens with zero attached hydrogens (tertiary/aromatic N) is 5. The van der Waals surface area contributed by atoms with Gasteiger partial charge in [-0.15, -0.1) is 0 Å². The summed E-state index contributed by atoms with van der Waals surface area (Å²) in [6, 6.07) is 12.3. The SMILES string of the molecule is CCCN(CCC)C(=O)c1nc([C@H]2CCCN2Cc2ccccn2)n2ccccc12. The fourth-order valence-electron chi connectivity index (χ4n) is 4.47. The third kappa shape index (κ3) is 4.10. The quantitative estimate of drug-likeness (QED) is 0.560. The van der Waals surface area contributed by atoms with Crippen molar-refractivity contribution in [2.75, 3.05) is 19.6 Å². The van der Waals surface area contributed by atoms with E-state index in [-0.39, 0.29) is 11.9 Å². The van der Waals surface area contributed by atoms with E-state index >= 15 is 0 Å². The summed E-state index contributed by atoms with van der Waals surface area (Å²) in [5, 5.41) is 0. The van der Waals surface area contributed by atoms with Gasteiger partial charge in [-0.25, -0.2) is 4.98 Å². The fraction of sp³-hybridized carbons (Fsp3) is 0.458. The predicted molar refractivity (Wildman–Crippen MR) is 118 cm³/mol. The Morgan fingerprint density at radius 3 is 2.67 bits per heavy atom. The van der Waals surface area contributed by atoms with Crippen molar-refractivity contribution in [2.45, 2.75) is 52.1 Å². The molecule has 3 aromatic heterocycles. The summed E-state index contributed by atoms with van der Waals surface area (Å²) in [5.41, 5.74) is 2.55. The van der Waals surface area contributed by atoms with E-state index in [2.05, 4.69) is 34.2 Å². The second-order valence-electron chi connectivity index (χ2n) is 8.02. The van der Waals surface area contributed by atoms with Crippen LogP contribution < -0.4 is 0 Å². The van der Waals surface area contributed by atoms with Crippen LogP contribution in [0.4, 0.5) is 0 Å². The number of hydrogen-bond acceptors (Lipinski definition) is 4. The molecule has 0 saturated carbocycles. The number of aromatic nitrogens is 3. The van der Waals surface area contributed by atoms with E-state index in [0.29, 0.717) is 5.69 Å².